The van der Waals surface area contributed by atoms with E-state index in [4.69, 9.17) is 4.74 Å². The van der Waals surface area contributed by atoms with Crippen LogP contribution in [0.5, 0.6) is 0 Å². The zero-order valence-corrected chi connectivity index (χ0v) is 12.5. The normalized spacial score (nSPS) is 13.5. The largest absolute Gasteiger partial charge is 0.450 e. The zero-order chi connectivity index (χ0) is 15.2. The van der Waals surface area contributed by atoms with Crippen LogP contribution in [-0.2, 0) is 4.74 Å². The smallest absolute Gasteiger partial charge is 0.407 e. The molecular formula is C13H17N3O4S. The van der Waals surface area contributed by atoms with Gasteiger partial charge in [0, 0.05) is 42.4 Å². The van der Waals surface area contributed by atoms with Crippen LogP contribution in [0.2, 0.25) is 0 Å². The highest BCUT2D eigenvalue weighted by molar-refractivity contribution is 7.99. The Morgan fingerprint density at radius 3 is 3.10 bits per heavy atom. The first kappa shape index (κ1) is 15.4. The molecule has 1 aromatic rings. The fourth-order valence-electron chi connectivity index (χ4n) is 2.09. The highest BCUT2D eigenvalue weighted by Gasteiger charge is 2.20. The summed E-state index contributed by atoms with van der Waals surface area (Å²) in [5.74, 6) is 0.869. The monoisotopic (exact) mass is 311 g/mol. The standard InChI is InChI=1S/C13H17N3O4S/c1-2-20-13(17)14-5-6-15-7-8-21-12-9-10(16(18)19)3-4-11(12)15/h3-4,9H,2,5-8H2,1H3,(H,14,17). The topological polar surface area (TPSA) is 84.7 Å². The molecule has 1 heterocycles. The van der Waals surface area contributed by atoms with Crippen LogP contribution >= 0.6 is 11.8 Å². The first-order valence-electron chi connectivity index (χ1n) is 6.68. The molecule has 0 saturated heterocycles. The van der Waals surface area contributed by atoms with Crippen molar-refractivity contribution in [1.82, 2.24) is 5.32 Å². The third-order valence-corrected chi connectivity index (χ3v) is 4.06. The van der Waals surface area contributed by atoms with E-state index < -0.39 is 6.09 Å². The number of carbonyl (C=O) groups is 1. The number of anilines is 1. The predicted molar refractivity (Wildman–Crippen MR) is 81.1 cm³/mol. The van der Waals surface area contributed by atoms with Gasteiger partial charge in [0.15, 0.2) is 0 Å². The number of hydrogen-bond acceptors (Lipinski definition) is 6. The average molecular weight is 311 g/mol. The Bertz CT molecular complexity index is 538. The molecule has 8 heteroatoms. The second-order valence-electron chi connectivity index (χ2n) is 4.39. The van der Waals surface area contributed by atoms with Crippen molar-refractivity contribution in [2.75, 3.05) is 36.9 Å². The Morgan fingerprint density at radius 1 is 1.57 bits per heavy atom. The number of rotatable bonds is 5. The Labute approximate surface area is 126 Å². The number of thioether (sulfide) groups is 1. The zero-order valence-electron chi connectivity index (χ0n) is 11.7. The van der Waals surface area contributed by atoms with Gasteiger partial charge in [-0.2, -0.15) is 0 Å². The van der Waals surface area contributed by atoms with Crippen molar-refractivity contribution in [3.63, 3.8) is 0 Å². The van der Waals surface area contributed by atoms with Gasteiger partial charge in [-0.05, 0) is 13.0 Å². The number of fused-ring (bicyclic) bond motifs is 1. The molecule has 0 bridgehead atoms. The SMILES string of the molecule is CCOC(=O)NCCN1CCSc2cc([N+](=O)[O-])ccc21. The van der Waals surface area contributed by atoms with E-state index in [1.54, 1.807) is 30.8 Å². The Kier molecular flexibility index (Phi) is 5.26. The average Bonchev–Trinajstić information content (AvgIpc) is 2.47. The molecule has 0 fully saturated rings. The van der Waals surface area contributed by atoms with Crippen molar-refractivity contribution < 1.29 is 14.5 Å². The quantitative estimate of drug-likeness (QED) is 0.663. The first-order chi connectivity index (χ1) is 10.1. The molecule has 1 amide bonds. The summed E-state index contributed by atoms with van der Waals surface area (Å²) in [4.78, 5) is 24.7. The predicted octanol–water partition coefficient (Wildman–Crippen LogP) is 2.25. The summed E-state index contributed by atoms with van der Waals surface area (Å²) in [5.41, 5.74) is 1.08. The van der Waals surface area contributed by atoms with E-state index in [0.717, 1.165) is 22.9 Å². The molecule has 0 atom stereocenters. The van der Waals surface area contributed by atoms with Crippen LogP contribution in [0.4, 0.5) is 16.2 Å². The number of benzene rings is 1. The minimum atomic E-state index is -0.423. The minimum Gasteiger partial charge on any atom is -0.450 e. The van der Waals surface area contributed by atoms with Crippen LogP contribution in [0.3, 0.4) is 0 Å². The van der Waals surface area contributed by atoms with Crippen molar-refractivity contribution in [2.45, 2.75) is 11.8 Å². The number of carbonyl (C=O) groups excluding carboxylic acids is 1. The second-order valence-corrected chi connectivity index (χ2v) is 5.53. The van der Waals surface area contributed by atoms with Gasteiger partial charge < -0.3 is 15.0 Å². The van der Waals surface area contributed by atoms with E-state index in [-0.39, 0.29) is 10.6 Å². The molecule has 1 aliphatic rings. The van der Waals surface area contributed by atoms with Gasteiger partial charge in [-0.1, -0.05) is 0 Å². The molecule has 114 valence electrons. The lowest BCUT2D eigenvalue weighted by Crippen LogP contribution is -2.37. The Hall–Kier alpha value is -1.96. The molecule has 7 nitrogen and oxygen atoms in total. The molecular weight excluding hydrogens is 294 g/mol. The summed E-state index contributed by atoms with van der Waals surface area (Å²) >= 11 is 1.61. The third kappa shape index (κ3) is 4.01. The van der Waals surface area contributed by atoms with Crippen LogP contribution in [-0.4, -0.2) is 43.0 Å². The molecule has 1 aliphatic heterocycles. The number of nitro groups is 1. The van der Waals surface area contributed by atoms with E-state index in [1.165, 1.54) is 6.07 Å². The number of nitro benzene ring substituents is 1. The number of ether oxygens (including phenoxy) is 1. The number of nitrogens with zero attached hydrogens (tertiary/aromatic N) is 2. The second kappa shape index (κ2) is 7.16. The van der Waals surface area contributed by atoms with Crippen molar-refractivity contribution in [1.29, 1.82) is 0 Å². The number of amides is 1. The van der Waals surface area contributed by atoms with Crippen LogP contribution in [0.1, 0.15) is 6.92 Å². The summed E-state index contributed by atoms with van der Waals surface area (Å²) < 4.78 is 4.80. The summed E-state index contributed by atoms with van der Waals surface area (Å²) in [6, 6.07) is 4.88. The number of non-ortho nitro benzene ring substituents is 1. The van der Waals surface area contributed by atoms with E-state index in [9.17, 15) is 14.9 Å². The van der Waals surface area contributed by atoms with Gasteiger partial charge in [-0.25, -0.2) is 4.79 Å². The lowest BCUT2D eigenvalue weighted by molar-refractivity contribution is -0.385. The highest BCUT2D eigenvalue weighted by Crippen LogP contribution is 2.36. The van der Waals surface area contributed by atoms with Crippen molar-refractivity contribution >= 4 is 29.2 Å². The van der Waals surface area contributed by atoms with Gasteiger partial charge in [0.25, 0.3) is 5.69 Å². The van der Waals surface area contributed by atoms with E-state index in [0.29, 0.717) is 19.7 Å². The number of hydrogen-bond donors (Lipinski definition) is 1. The molecule has 0 spiro atoms. The summed E-state index contributed by atoms with van der Waals surface area (Å²) in [6.07, 6.45) is -0.423. The number of alkyl carbamates (subject to hydrolysis) is 1. The first-order valence-corrected chi connectivity index (χ1v) is 7.67. The summed E-state index contributed by atoms with van der Waals surface area (Å²) in [6.45, 7) is 4.06. The van der Waals surface area contributed by atoms with Gasteiger partial charge in [0.05, 0.1) is 17.2 Å². The van der Waals surface area contributed by atoms with E-state index in [1.807, 2.05) is 0 Å². The van der Waals surface area contributed by atoms with Gasteiger partial charge in [0.1, 0.15) is 0 Å². The Morgan fingerprint density at radius 2 is 2.38 bits per heavy atom. The lowest BCUT2D eigenvalue weighted by atomic mass is 10.2. The van der Waals surface area contributed by atoms with Crippen LogP contribution in [0.15, 0.2) is 23.1 Å². The molecule has 0 unspecified atom stereocenters. The van der Waals surface area contributed by atoms with Crippen LogP contribution < -0.4 is 10.2 Å². The molecule has 1 aromatic carbocycles. The van der Waals surface area contributed by atoms with E-state index >= 15 is 0 Å². The molecule has 2 rings (SSSR count). The third-order valence-electron chi connectivity index (χ3n) is 3.04. The van der Waals surface area contributed by atoms with Crippen LogP contribution in [0, 0.1) is 10.1 Å². The minimum absolute atomic E-state index is 0.104. The van der Waals surface area contributed by atoms with Crippen LogP contribution in [0.25, 0.3) is 0 Å². The fraction of sp³-hybridized carbons (Fsp3) is 0.462. The lowest BCUT2D eigenvalue weighted by Gasteiger charge is -2.30. The van der Waals surface area contributed by atoms with Crippen molar-refractivity contribution in [3.05, 3.63) is 28.3 Å². The maximum atomic E-state index is 11.2. The van der Waals surface area contributed by atoms with Gasteiger partial charge >= 0.3 is 6.09 Å². The molecule has 0 radical (unpaired) electrons. The maximum absolute atomic E-state index is 11.2. The van der Waals surface area contributed by atoms with Crippen molar-refractivity contribution in [2.24, 2.45) is 0 Å². The highest BCUT2D eigenvalue weighted by atomic mass is 32.2. The van der Waals surface area contributed by atoms with Gasteiger partial charge in [-0.15, -0.1) is 11.8 Å². The van der Waals surface area contributed by atoms with E-state index in [2.05, 4.69) is 10.2 Å². The molecule has 0 saturated carbocycles. The fourth-order valence-corrected chi connectivity index (χ4v) is 3.17. The van der Waals surface area contributed by atoms with Gasteiger partial charge in [0.2, 0.25) is 0 Å². The van der Waals surface area contributed by atoms with Gasteiger partial charge in [-0.3, -0.25) is 10.1 Å². The Balaban J connectivity index is 1.98. The maximum Gasteiger partial charge on any atom is 0.407 e. The molecule has 0 aromatic heterocycles. The van der Waals surface area contributed by atoms with Crippen molar-refractivity contribution in [3.8, 4) is 0 Å². The molecule has 1 N–H and O–H groups in total. The molecule has 0 aliphatic carbocycles. The number of nitrogens with one attached hydrogen (secondary N) is 1. The summed E-state index contributed by atoms with van der Waals surface area (Å²) in [7, 11) is 0. The summed E-state index contributed by atoms with van der Waals surface area (Å²) in [5, 5.41) is 13.5. The molecule has 21 heavy (non-hydrogen) atoms.